The van der Waals surface area contributed by atoms with Gasteiger partial charge in [-0.1, -0.05) is 38.8 Å². The molecule has 0 spiro atoms. The summed E-state index contributed by atoms with van der Waals surface area (Å²) in [5, 5.41) is 0. The lowest BCUT2D eigenvalue weighted by Gasteiger charge is -2.35. The molecule has 3 heterocycles. The lowest BCUT2D eigenvalue weighted by molar-refractivity contribution is -0.834. The number of nitrogens with one attached hydrogen (secondary N) is 1. The topological polar surface area (TPSA) is 156 Å². The van der Waals surface area contributed by atoms with Crippen molar-refractivity contribution in [2.45, 2.75) is 70.5 Å². The number of hydroxylamine groups is 1. The Hall–Kier alpha value is -4.10. The summed E-state index contributed by atoms with van der Waals surface area (Å²) in [4.78, 5) is 72.1. The molecular formula is C27H32N3O10+. The molecule has 0 radical (unpaired) electrons. The number of carbonyl (C=O) groups excluding carboxylic acids is 5. The van der Waals surface area contributed by atoms with Gasteiger partial charge in [-0.2, -0.15) is 9.96 Å². The Morgan fingerprint density at radius 1 is 1.00 bits per heavy atom. The second-order valence-corrected chi connectivity index (χ2v) is 9.66. The number of amidine groups is 1. The Bertz CT molecular complexity index is 1240. The predicted molar refractivity (Wildman–Crippen MR) is 136 cm³/mol. The third-order valence-corrected chi connectivity index (χ3v) is 6.79. The number of fused-ring (bicyclic) bond motifs is 2. The highest BCUT2D eigenvalue weighted by atomic mass is 16.7. The summed E-state index contributed by atoms with van der Waals surface area (Å²) in [6, 6.07) is 5.28. The Morgan fingerprint density at radius 2 is 1.68 bits per heavy atom. The molecule has 5 atom stereocenters. The number of benzene rings is 1. The van der Waals surface area contributed by atoms with Crippen molar-refractivity contribution < 1.29 is 52.2 Å². The number of urea groups is 1. The molecule has 0 aromatic heterocycles. The van der Waals surface area contributed by atoms with E-state index in [9.17, 15) is 24.0 Å². The van der Waals surface area contributed by atoms with Gasteiger partial charge in [0.25, 0.3) is 0 Å². The molecule has 0 saturated carbocycles. The number of quaternary nitrogens is 1. The van der Waals surface area contributed by atoms with Crippen LogP contribution in [0, 0.1) is 0 Å². The smallest absolute Gasteiger partial charge is 0.451 e. The van der Waals surface area contributed by atoms with Gasteiger partial charge in [-0.3, -0.25) is 4.79 Å². The monoisotopic (exact) mass is 558 g/mol. The van der Waals surface area contributed by atoms with Gasteiger partial charge in [0, 0.05) is 18.9 Å². The molecule has 13 heteroatoms. The zero-order chi connectivity index (χ0) is 28.9. The Labute approximate surface area is 230 Å². The molecule has 1 saturated heterocycles. The molecule has 40 heavy (non-hydrogen) atoms. The second kappa shape index (κ2) is 12.4. The van der Waals surface area contributed by atoms with E-state index in [2.05, 4.69) is 10.5 Å². The van der Waals surface area contributed by atoms with Gasteiger partial charge in [0.15, 0.2) is 11.9 Å². The molecule has 4 rings (SSSR count). The van der Waals surface area contributed by atoms with Gasteiger partial charge in [-0.15, -0.1) is 4.99 Å². The highest BCUT2D eigenvalue weighted by Gasteiger charge is 2.61. The highest BCUT2D eigenvalue weighted by molar-refractivity contribution is 6.04. The van der Waals surface area contributed by atoms with Crippen LogP contribution in [0.4, 0.5) is 4.79 Å². The third kappa shape index (κ3) is 6.05. The molecular weight excluding hydrogens is 526 g/mol. The molecule has 214 valence electrons. The number of amides is 2. The second-order valence-electron chi connectivity index (χ2n) is 9.66. The number of unbranched alkanes of at least 4 members (excludes halogenated alkanes) is 2. The predicted octanol–water partition coefficient (Wildman–Crippen LogP) is 2.55. The van der Waals surface area contributed by atoms with E-state index in [1.807, 2.05) is 6.92 Å². The number of hydrogen-bond acceptors (Lipinski definition) is 11. The van der Waals surface area contributed by atoms with Gasteiger partial charge in [-0.25, -0.2) is 19.2 Å². The molecule has 3 aliphatic heterocycles. The largest absolute Gasteiger partial charge is 0.463 e. The number of esters is 3. The molecule has 1 aromatic carbocycles. The lowest BCUT2D eigenvalue weighted by Crippen LogP contribution is -2.59. The number of ether oxygens (including phenoxy) is 4. The lowest BCUT2D eigenvalue weighted by atomic mass is 10.0. The van der Waals surface area contributed by atoms with Crippen molar-refractivity contribution >= 4 is 35.7 Å². The number of nitrogens with zero attached hydrogens (tertiary/aromatic N) is 2. The number of aliphatic imine (C=N–C) groups is 1. The quantitative estimate of drug-likeness (QED) is 0.164. The van der Waals surface area contributed by atoms with E-state index in [4.69, 9.17) is 23.8 Å². The van der Waals surface area contributed by atoms with Gasteiger partial charge < -0.3 is 23.8 Å². The fourth-order valence-corrected chi connectivity index (χ4v) is 4.50. The van der Waals surface area contributed by atoms with Crippen molar-refractivity contribution in [2.24, 2.45) is 4.99 Å². The minimum Gasteiger partial charge on any atom is -0.463 e. The van der Waals surface area contributed by atoms with Crippen molar-refractivity contribution in [3.8, 4) is 0 Å². The van der Waals surface area contributed by atoms with Crippen LogP contribution in [0.15, 0.2) is 41.5 Å². The van der Waals surface area contributed by atoms with Gasteiger partial charge in [0.1, 0.15) is 18.9 Å². The van der Waals surface area contributed by atoms with E-state index in [1.54, 1.807) is 19.1 Å². The molecule has 3 aliphatic rings. The summed E-state index contributed by atoms with van der Waals surface area (Å²) >= 11 is 0. The van der Waals surface area contributed by atoms with Crippen LogP contribution in [-0.4, -0.2) is 78.4 Å². The fourth-order valence-electron chi connectivity index (χ4n) is 4.50. The van der Waals surface area contributed by atoms with E-state index in [0.29, 0.717) is 6.42 Å². The number of likely N-dealkylation sites (N-methyl/N-ethyl adjacent to an activating group) is 1. The van der Waals surface area contributed by atoms with Crippen LogP contribution in [0.25, 0.3) is 0 Å². The Balaban J connectivity index is 1.56. The minimum absolute atomic E-state index is 0.000939. The normalized spacial score (nSPS) is 27.3. The van der Waals surface area contributed by atoms with E-state index in [0.717, 1.165) is 12.8 Å². The zero-order valence-corrected chi connectivity index (χ0v) is 22.5. The Morgan fingerprint density at radius 3 is 2.30 bits per heavy atom. The first-order valence-corrected chi connectivity index (χ1v) is 13.1. The summed E-state index contributed by atoms with van der Waals surface area (Å²) < 4.78 is 22.2. The molecule has 1 aromatic rings. The molecule has 1 unspecified atom stereocenters. The SMILES string of the molecule is CCCCCC(=O)ONC1=NC(=O)[N+](C)([C@@H]2O[C@H](COC(=O)CC)[C@H]3OC(=O)c4ccccc4C(=O)O[C@H]32)C=C1. The first-order valence-electron chi connectivity index (χ1n) is 13.1. The molecule has 1 N–H and O–H groups in total. The number of carbonyl (C=O) groups is 5. The zero-order valence-electron chi connectivity index (χ0n) is 22.5. The summed E-state index contributed by atoms with van der Waals surface area (Å²) in [5.74, 6) is -2.60. The molecule has 0 aliphatic carbocycles. The first-order chi connectivity index (χ1) is 19.2. The fraction of sp³-hybridized carbons (Fsp3) is 0.481. The van der Waals surface area contributed by atoms with Gasteiger partial charge in [-0.05, 0) is 18.6 Å². The maximum atomic E-state index is 13.3. The van der Waals surface area contributed by atoms with Crippen LogP contribution < -0.4 is 5.48 Å². The van der Waals surface area contributed by atoms with Gasteiger partial charge >= 0.3 is 29.9 Å². The average Bonchev–Trinajstić information content (AvgIpc) is 3.28. The van der Waals surface area contributed by atoms with Crippen LogP contribution in [0.3, 0.4) is 0 Å². The molecule has 1 fully saturated rings. The van der Waals surface area contributed by atoms with Crippen LogP contribution >= 0.6 is 0 Å². The summed E-state index contributed by atoms with van der Waals surface area (Å²) in [5.41, 5.74) is 2.39. The average molecular weight is 559 g/mol. The summed E-state index contributed by atoms with van der Waals surface area (Å²) in [7, 11) is 1.47. The van der Waals surface area contributed by atoms with Crippen molar-refractivity contribution in [1.82, 2.24) is 5.48 Å². The molecule has 2 amide bonds. The number of rotatable bonds is 8. The van der Waals surface area contributed by atoms with Crippen molar-refractivity contribution in [3.63, 3.8) is 0 Å². The van der Waals surface area contributed by atoms with Crippen molar-refractivity contribution in [1.29, 1.82) is 0 Å². The van der Waals surface area contributed by atoms with Gasteiger partial charge in [0.2, 0.25) is 12.3 Å². The Kier molecular flexibility index (Phi) is 8.95. The van der Waals surface area contributed by atoms with Crippen LogP contribution in [-0.2, 0) is 33.4 Å². The van der Waals surface area contributed by atoms with Gasteiger partial charge in [0.05, 0.1) is 18.2 Å². The summed E-state index contributed by atoms with van der Waals surface area (Å²) in [6.45, 7) is 3.33. The maximum absolute atomic E-state index is 13.3. The third-order valence-electron chi connectivity index (χ3n) is 6.79. The van der Waals surface area contributed by atoms with Crippen LogP contribution in [0.5, 0.6) is 0 Å². The van der Waals surface area contributed by atoms with E-state index in [1.165, 1.54) is 31.5 Å². The van der Waals surface area contributed by atoms with E-state index >= 15 is 0 Å². The molecule has 0 bridgehead atoms. The maximum Gasteiger partial charge on any atom is 0.451 e. The highest BCUT2D eigenvalue weighted by Crippen LogP contribution is 2.37. The van der Waals surface area contributed by atoms with E-state index < -0.39 is 58.9 Å². The van der Waals surface area contributed by atoms with Crippen LogP contribution in [0.2, 0.25) is 0 Å². The summed E-state index contributed by atoms with van der Waals surface area (Å²) in [6.07, 6.45) is 0.968. The van der Waals surface area contributed by atoms with Crippen molar-refractivity contribution in [2.75, 3.05) is 13.7 Å². The first kappa shape index (κ1) is 28.9. The standard InChI is InChI=1S/C27H31N3O10/c1-4-6-7-12-21(32)40-29-19-13-14-30(3,27(35)28-19)24-23-22(18(37-24)15-36-20(31)5-2)38-25(33)16-10-8-9-11-17(16)26(34)39-23/h8-11,13-14,18,22-24H,4-7,12,15H2,1-3H3/p+1/t18-,22-,23-,24-,30?/m1/s1. The van der Waals surface area contributed by atoms with Crippen molar-refractivity contribution in [3.05, 3.63) is 47.7 Å². The minimum atomic E-state index is -1.25. The number of hydrogen-bond donors (Lipinski definition) is 1. The molecule has 13 nitrogen and oxygen atoms in total. The van der Waals surface area contributed by atoms with Crippen LogP contribution in [0.1, 0.15) is 66.7 Å². The van der Waals surface area contributed by atoms with E-state index in [-0.39, 0.29) is 36.4 Å².